The molecule has 0 radical (unpaired) electrons. The molecule has 0 aliphatic rings. The maximum atomic E-state index is 11.7. The normalized spacial score (nSPS) is 10.9. The van der Waals surface area contributed by atoms with Gasteiger partial charge in [-0.1, -0.05) is 6.08 Å². The number of carbonyl (C=O) groups excluding carboxylic acids is 2. The first-order valence-corrected chi connectivity index (χ1v) is 6.96. The Morgan fingerprint density at radius 1 is 1.38 bits per heavy atom. The first kappa shape index (κ1) is 16.9. The molecule has 1 rings (SSSR count). The van der Waals surface area contributed by atoms with Crippen molar-refractivity contribution in [3.63, 3.8) is 0 Å². The van der Waals surface area contributed by atoms with E-state index >= 15 is 0 Å². The predicted molar refractivity (Wildman–Crippen MR) is 79.8 cm³/mol. The fraction of sp³-hybridized carbons (Fsp3) is 0.533. The summed E-state index contributed by atoms with van der Waals surface area (Å²) in [6, 6.07) is 0. The van der Waals surface area contributed by atoms with Crippen LogP contribution >= 0.6 is 0 Å². The summed E-state index contributed by atoms with van der Waals surface area (Å²) >= 11 is 0. The topological polar surface area (TPSA) is 73.2 Å². The number of methoxy groups -OCH3 is 1. The molecule has 6 heteroatoms. The van der Waals surface area contributed by atoms with Gasteiger partial charge in [-0.3, -0.25) is 9.48 Å². The Labute approximate surface area is 125 Å². The molecule has 0 atom stereocenters. The van der Waals surface area contributed by atoms with Gasteiger partial charge in [-0.05, 0) is 32.3 Å². The Balaban J connectivity index is 2.29. The minimum atomic E-state index is -0.385. The summed E-state index contributed by atoms with van der Waals surface area (Å²) in [5.74, 6) is -0.382. The van der Waals surface area contributed by atoms with E-state index in [1.807, 2.05) is 25.6 Å². The Morgan fingerprint density at radius 3 is 2.67 bits per heavy atom. The van der Waals surface area contributed by atoms with E-state index in [1.165, 1.54) is 13.2 Å². The van der Waals surface area contributed by atoms with E-state index in [9.17, 15) is 9.59 Å². The molecule has 0 saturated heterocycles. The van der Waals surface area contributed by atoms with Crippen molar-refractivity contribution in [3.05, 3.63) is 29.1 Å². The van der Waals surface area contributed by atoms with Crippen molar-refractivity contribution in [2.75, 3.05) is 13.7 Å². The highest BCUT2D eigenvalue weighted by Crippen LogP contribution is 2.13. The van der Waals surface area contributed by atoms with Crippen LogP contribution in [0.4, 0.5) is 0 Å². The average Bonchev–Trinajstić information content (AvgIpc) is 2.69. The molecule has 116 valence electrons. The molecule has 21 heavy (non-hydrogen) atoms. The van der Waals surface area contributed by atoms with Crippen molar-refractivity contribution in [1.82, 2.24) is 15.1 Å². The fourth-order valence-corrected chi connectivity index (χ4v) is 2.05. The number of aromatic nitrogens is 2. The highest BCUT2D eigenvalue weighted by atomic mass is 16.5. The van der Waals surface area contributed by atoms with E-state index in [2.05, 4.69) is 15.2 Å². The van der Waals surface area contributed by atoms with Crippen molar-refractivity contribution >= 4 is 11.9 Å². The monoisotopic (exact) mass is 293 g/mol. The number of esters is 1. The number of hydrogen-bond acceptors (Lipinski definition) is 4. The van der Waals surface area contributed by atoms with Gasteiger partial charge in [0.2, 0.25) is 5.91 Å². The maximum absolute atomic E-state index is 11.7. The lowest BCUT2D eigenvalue weighted by Gasteiger charge is -2.04. The molecule has 1 heterocycles. The number of nitrogens with zero attached hydrogens (tertiary/aromatic N) is 2. The van der Waals surface area contributed by atoms with Crippen molar-refractivity contribution in [1.29, 1.82) is 0 Å². The Bertz CT molecular complexity index is 533. The van der Waals surface area contributed by atoms with E-state index in [0.29, 0.717) is 25.8 Å². The van der Waals surface area contributed by atoms with Gasteiger partial charge in [0.1, 0.15) is 0 Å². The molecule has 0 fully saturated rings. The fourth-order valence-electron chi connectivity index (χ4n) is 2.05. The van der Waals surface area contributed by atoms with E-state index in [4.69, 9.17) is 0 Å². The van der Waals surface area contributed by atoms with E-state index in [0.717, 1.165) is 17.0 Å². The summed E-state index contributed by atoms with van der Waals surface area (Å²) in [5, 5.41) is 7.15. The first-order valence-electron chi connectivity index (χ1n) is 6.96. The predicted octanol–water partition coefficient (Wildman–Crippen LogP) is 1.21. The van der Waals surface area contributed by atoms with Crippen LogP contribution in [0.25, 0.3) is 0 Å². The third-order valence-electron chi connectivity index (χ3n) is 3.35. The number of amides is 1. The lowest BCUT2D eigenvalue weighted by atomic mass is 10.1. The van der Waals surface area contributed by atoms with Crippen LogP contribution < -0.4 is 5.32 Å². The van der Waals surface area contributed by atoms with Crippen molar-refractivity contribution < 1.29 is 14.3 Å². The lowest BCUT2D eigenvalue weighted by Crippen LogP contribution is -2.24. The number of hydrogen-bond donors (Lipinski definition) is 1. The highest BCUT2D eigenvalue weighted by molar-refractivity contribution is 5.81. The van der Waals surface area contributed by atoms with E-state index in [-0.39, 0.29) is 11.9 Å². The third kappa shape index (κ3) is 5.41. The zero-order chi connectivity index (χ0) is 15.8. The molecule has 0 unspecified atom stereocenters. The molecule has 0 aromatic carbocycles. The molecule has 1 aromatic heterocycles. The summed E-state index contributed by atoms with van der Waals surface area (Å²) in [6.45, 7) is 4.47. The van der Waals surface area contributed by atoms with Crippen LogP contribution in [0.15, 0.2) is 12.2 Å². The SMILES string of the molecule is COC(=O)/C=C/CCNC(=O)CCc1c(C)nn(C)c1C. The third-order valence-corrected chi connectivity index (χ3v) is 3.35. The van der Waals surface area contributed by atoms with Gasteiger partial charge in [-0.25, -0.2) is 4.79 Å². The van der Waals surface area contributed by atoms with Gasteiger partial charge in [-0.2, -0.15) is 5.10 Å². The minimum Gasteiger partial charge on any atom is -0.466 e. The van der Waals surface area contributed by atoms with Gasteiger partial charge in [-0.15, -0.1) is 0 Å². The second-order valence-corrected chi connectivity index (χ2v) is 4.84. The summed E-state index contributed by atoms with van der Waals surface area (Å²) in [6.07, 6.45) is 4.77. The number of ether oxygens (including phenoxy) is 1. The average molecular weight is 293 g/mol. The smallest absolute Gasteiger partial charge is 0.330 e. The molecule has 0 aliphatic heterocycles. The van der Waals surface area contributed by atoms with Crippen LogP contribution in [-0.2, 0) is 27.8 Å². The van der Waals surface area contributed by atoms with Crippen LogP contribution in [0.1, 0.15) is 29.8 Å². The summed E-state index contributed by atoms with van der Waals surface area (Å²) in [5.41, 5.74) is 3.21. The van der Waals surface area contributed by atoms with Crippen molar-refractivity contribution in [2.24, 2.45) is 7.05 Å². The van der Waals surface area contributed by atoms with Gasteiger partial charge in [0.05, 0.1) is 12.8 Å². The van der Waals surface area contributed by atoms with Crippen LogP contribution in [-0.4, -0.2) is 35.3 Å². The van der Waals surface area contributed by atoms with Gasteiger partial charge >= 0.3 is 5.97 Å². The van der Waals surface area contributed by atoms with E-state index < -0.39 is 0 Å². The molecule has 1 aromatic rings. The van der Waals surface area contributed by atoms with Crippen molar-refractivity contribution in [3.8, 4) is 0 Å². The quantitative estimate of drug-likeness (QED) is 0.466. The molecular formula is C15H23N3O3. The molecule has 0 spiro atoms. The molecule has 0 aliphatic carbocycles. The first-order chi connectivity index (χ1) is 9.95. The molecule has 0 bridgehead atoms. The Kier molecular flexibility index (Phi) is 6.65. The zero-order valence-electron chi connectivity index (χ0n) is 13.1. The number of carbonyl (C=O) groups is 2. The lowest BCUT2D eigenvalue weighted by molar-refractivity contribution is -0.134. The van der Waals surface area contributed by atoms with Crippen LogP contribution in [0.3, 0.4) is 0 Å². The second-order valence-electron chi connectivity index (χ2n) is 4.84. The van der Waals surface area contributed by atoms with Gasteiger partial charge in [0.25, 0.3) is 0 Å². The zero-order valence-corrected chi connectivity index (χ0v) is 13.1. The molecule has 1 N–H and O–H groups in total. The largest absolute Gasteiger partial charge is 0.466 e. The van der Waals surface area contributed by atoms with Crippen LogP contribution in [0.5, 0.6) is 0 Å². The molecular weight excluding hydrogens is 270 g/mol. The standard InChI is InChI=1S/C15H23N3O3/c1-11-13(12(2)18(3)17-11)8-9-14(19)16-10-6-5-7-15(20)21-4/h5,7H,6,8-10H2,1-4H3,(H,16,19)/b7-5+. The summed E-state index contributed by atoms with van der Waals surface area (Å²) in [7, 11) is 3.23. The number of aryl methyl sites for hydroxylation is 2. The van der Waals surface area contributed by atoms with Crippen molar-refractivity contribution in [2.45, 2.75) is 33.1 Å². The Morgan fingerprint density at radius 2 is 2.10 bits per heavy atom. The minimum absolute atomic E-state index is 0.00382. The summed E-state index contributed by atoms with van der Waals surface area (Å²) in [4.78, 5) is 22.6. The van der Waals surface area contributed by atoms with Gasteiger partial charge in [0, 0.05) is 31.8 Å². The molecule has 6 nitrogen and oxygen atoms in total. The Hall–Kier alpha value is -2.11. The van der Waals surface area contributed by atoms with E-state index in [1.54, 1.807) is 6.08 Å². The van der Waals surface area contributed by atoms with Gasteiger partial charge in [0.15, 0.2) is 0 Å². The maximum Gasteiger partial charge on any atom is 0.330 e. The van der Waals surface area contributed by atoms with Gasteiger partial charge < -0.3 is 10.1 Å². The summed E-state index contributed by atoms with van der Waals surface area (Å²) < 4.78 is 6.30. The number of nitrogens with one attached hydrogen (secondary N) is 1. The van der Waals surface area contributed by atoms with Crippen LogP contribution in [0.2, 0.25) is 0 Å². The van der Waals surface area contributed by atoms with Crippen LogP contribution in [0, 0.1) is 13.8 Å². The second kappa shape index (κ2) is 8.24. The highest BCUT2D eigenvalue weighted by Gasteiger charge is 2.10. The molecule has 0 saturated carbocycles. The molecule has 1 amide bonds. The number of rotatable bonds is 7.